The third-order valence-corrected chi connectivity index (χ3v) is 1.87. The second-order valence-electron chi connectivity index (χ2n) is 3.25. The van der Waals surface area contributed by atoms with Gasteiger partial charge in [-0.2, -0.15) is 35.1 Å². The fraction of sp³-hybridized carbons (Fsp3) is 0.500. The number of rotatable bonds is 1. The zero-order valence-electron chi connectivity index (χ0n) is 8.50. The summed E-state index contributed by atoms with van der Waals surface area (Å²) in [7, 11) is 0. The molecule has 0 amide bonds. The Hall–Kier alpha value is -1.48. The van der Waals surface area contributed by atoms with Gasteiger partial charge in [-0.3, -0.25) is 0 Å². The zero-order valence-corrected chi connectivity index (χ0v) is 8.50. The second kappa shape index (κ2) is 4.02. The van der Waals surface area contributed by atoms with Crippen LogP contribution in [0.15, 0.2) is 6.20 Å². The van der Waals surface area contributed by atoms with Crippen molar-refractivity contribution in [3.05, 3.63) is 23.3 Å². The Morgan fingerprint density at radius 1 is 0.944 bits per heavy atom. The normalized spacial score (nSPS) is 13.8. The van der Waals surface area contributed by atoms with Crippen LogP contribution in [0.25, 0.3) is 0 Å². The molecule has 1 rings (SSSR count). The van der Waals surface area contributed by atoms with Crippen molar-refractivity contribution in [3.8, 4) is 0 Å². The molecule has 0 N–H and O–H groups in total. The fourth-order valence-corrected chi connectivity index (χ4v) is 1.05. The Labute approximate surface area is 94.7 Å². The molecule has 102 valence electrons. The molecule has 0 fully saturated rings. The standard InChI is InChI=1S/C8H4F8N2/c1-3-17-2-4(7(11,12)13)5(18-3)6(9,10)8(14,15)16/h2H,1H3. The van der Waals surface area contributed by atoms with Crippen molar-refractivity contribution in [1.82, 2.24) is 9.97 Å². The molecule has 18 heavy (non-hydrogen) atoms. The van der Waals surface area contributed by atoms with Crippen molar-refractivity contribution >= 4 is 0 Å². The predicted molar refractivity (Wildman–Crippen MR) is 41.7 cm³/mol. The van der Waals surface area contributed by atoms with Crippen molar-refractivity contribution in [2.45, 2.75) is 25.2 Å². The minimum absolute atomic E-state index is 0.0999. The van der Waals surface area contributed by atoms with Crippen LogP contribution in [0.5, 0.6) is 0 Å². The number of hydrogen-bond donors (Lipinski definition) is 0. The molecule has 0 aliphatic rings. The van der Waals surface area contributed by atoms with E-state index in [9.17, 15) is 35.1 Å². The van der Waals surface area contributed by atoms with Gasteiger partial charge in [-0.05, 0) is 6.92 Å². The van der Waals surface area contributed by atoms with Gasteiger partial charge >= 0.3 is 18.3 Å². The highest BCUT2D eigenvalue weighted by Crippen LogP contribution is 2.46. The van der Waals surface area contributed by atoms with Gasteiger partial charge in [-0.15, -0.1) is 0 Å². The van der Waals surface area contributed by atoms with E-state index in [1.807, 2.05) is 0 Å². The van der Waals surface area contributed by atoms with Crippen LogP contribution >= 0.6 is 0 Å². The lowest BCUT2D eigenvalue weighted by Crippen LogP contribution is -2.37. The van der Waals surface area contributed by atoms with Crippen LogP contribution in [0, 0.1) is 6.92 Å². The summed E-state index contributed by atoms with van der Waals surface area (Å²) in [5.74, 6) is -6.33. The maximum absolute atomic E-state index is 12.9. The van der Waals surface area contributed by atoms with E-state index in [1.165, 1.54) is 0 Å². The zero-order chi connectivity index (χ0) is 14.4. The van der Waals surface area contributed by atoms with Crippen molar-refractivity contribution in [2.75, 3.05) is 0 Å². The van der Waals surface area contributed by atoms with E-state index in [2.05, 4.69) is 9.97 Å². The van der Waals surface area contributed by atoms with Gasteiger partial charge in [-0.1, -0.05) is 0 Å². The van der Waals surface area contributed by atoms with Crippen LogP contribution in [-0.4, -0.2) is 16.1 Å². The van der Waals surface area contributed by atoms with Gasteiger partial charge in [0.05, 0.1) is 0 Å². The van der Waals surface area contributed by atoms with E-state index < -0.39 is 35.4 Å². The first-order chi connectivity index (χ1) is 7.87. The van der Waals surface area contributed by atoms with Gasteiger partial charge < -0.3 is 0 Å². The molecule has 0 aliphatic carbocycles. The lowest BCUT2D eigenvalue weighted by Gasteiger charge is -2.22. The third-order valence-electron chi connectivity index (χ3n) is 1.87. The van der Waals surface area contributed by atoms with E-state index in [0.29, 0.717) is 0 Å². The summed E-state index contributed by atoms with van der Waals surface area (Å²) in [6.07, 6.45) is -11.7. The van der Waals surface area contributed by atoms with Crippen LogP contribution in [0.4, 0.5) is 35.1 Å². The summed E-state index contributed by atoms with van der Waals surface area (Å²) < 4.78 is 98.9. The van der Waals surface area contributed by atoms with Gasteiger partial charge in [0.2, 0.25) is 0 Å². The molecule has 1 aromatic heterocycles. The van der Waals surface area contributed by atoms with Gasteiger partial charge in [0, 0.05) is 6.20 Å². The number of aryl methyl sites for hydroxylation is 1. The summed E-state index contributed by atoms with van der Waals surface area (Å²) in [4.78, 5) is 5.55. The van der Waals surface area contributed by atoms with Gasteiger partial charge in [0.15, 0.2) is 0 Å². The molecule has 1 aromatic rings. The molecule has 2 nitrogen and oxygen atoms in total. The maximum Gasteiger partial charge on any atom is 0.459 e. The molecule has 0 aliphatic heterocycles. The van der Waals surface area contributed by atoms with Gasteiger partial charge in [-0.25, -0.2) is 9.97 Å². The average Bonchev–Trinajstić information content (AvgIpc) is 2.13. The number of aromatic nitrogens is 2. The molecule has 0 saturated heterocycles. The quantitative estimate of drug-likeness (QED) is 0.736. The van der Waals surface area contributed by atoms with E-state index in [4.69, 9.17) is 0 Å². The highest BCUT2D eigenvalue weighted by atomic mass is 19.4. The number of hydrogen-bond acceptors (Lipinski definition) is 2. The van der Waals surface area contributed by atoms with Crippen molar-refractivity contribution < 1.29 is 35.1 Å². The van der Waals surface area contributed by atoms with Crippen LogP contribution in [-0.2, 0) is 12.1 Å². The molecule has 0 spiro atoms. The van der Waals surface area contributed by atoms with E-state index in [-0.39, 0.29) is 6.20 Å². The number of halogens is 8. The Morgan fingerprint density at radius 2 is 1.44 bits per heavy atom. The molecule has 0 saturated carbocycles. The molecule has 0 bridgehead atoms. The highest BCUT2D eigenvalue weighted by molar-refractivity contribution is 5.26. The van der Waals surface area contributed by atoms with Gasteiger partial charge in [0.1, 0.15) is 17.1 Å². The second-order valence-corrected chi connectivity index (χ2v) is 3.25. The Balaban J connectivity index is 3.53. The van der Waals surface area contributed by atoms with Crippen LogP contribution in [0.1, 0.15) is 17.1 Å². The molecule has 10 heteroatoms. The Bertz CT molecular complexity index is 447. The van der Waals surface area contributed by atoms with E-state index in [0.717, 1.165) is 6.92 Å². The topological polar surface area (TPSA) is 25.8 Å². The molecule has 0 radical (unpaired) electrons. The Kier molecular flexibility index (Phi) is 3.26. The first kappa shape index (κ1) is 14.6. The van der Waals surface area contributed by atoms with E-state index in [1.54, 1.807) is 0 Å². The Morgan fingerprint density at radius 3 is 1.83 bits per heavy atom. The summed E-state index contributed by atoms with van der Waals surface area (Å²) in [6.45, 7) is 0.899. The van der Waals surface area contributed by atoms with Crippen LogP contribution in [0.3, 0.4) is 0 Å². The lowest BCUT2D eigenvalue weighted by molar-refractivity contribution is -0.292. The fourth-order valence-electron chi connectivity index (χ4n) is 1.05. The largest absolute Gasteiger partial charge is 0.459 e. The highest BCUT2D eigenvalue weighted by Gasteiger charge is 2.62. The summed E-state index contributed by atoms with van der Waals surface area (Å²) in [5, 5.41) is 0. The SMILES string of the molecule is Cc1ncc(C(F)(F)F)c(C(F)(F)C(F)(F)F)n1. The molecule has 0 atom stereocenters. The molecule has 0 aromatic carbocycles. The van der Waals surface area contributed by atoms with Crippen molar-refractivity contribution in [2.24, 2.45) is 0 Å². The molecule has 1 heterocycles. The minimum Gasteiger partial charge on any atom is -0.241 e. The predicted octanol–water partition coefficient (Wildman–Crippen LogP) is 3.46. The molecular weight excluding hydrogens is 276 g/mol. The first-order valence-electron chi connectivity index (χ1n) is 4.23. The number of alkyl halides is 8. The van der Waals surface area contributed by atoms with E-state index >= 15 is 0 Å². The molecule has 0 unspecified atom stereocenters. The summed E-state index contributed by atoms with van der Waals surface area (Å²) in [6, 6.07) is 0. The lowest BCUT2D eigenvalue weighted by atomic mass is 10.1. The smallest absolute Gasteiger partial charge is 0.241 e. The van der Waals surface area contributed by atoms with Crippen LogP contribution in [0.2, 0.25) is 0 Å². The molecular formula is C8H4F8N2. The first-order valence-corrected chi connectivity index (χ1v) is 4.23. The van der Waals surface area contributed by atoms with Gasteiger partial charge in [0.25, 0.3) is 0 Å². The monoisotopic (exact) mass is 280 g/mol. The maximum atomic E-state index is 12.9. The summed E-state index contributed by atoms with van der Waals surface area (Å²) >= 11 is 0. The minimum atomic E-state index is -6.17. The third kappa shape index (κ3) is 2.51. The number of nitrogens with zero attached hydrogens (tertiary/aromatic N) is 2. The van der Waals surface area contributed by atoms with Crippen LogP contribution < -0.4 is 0 Å². The van der Waals surface area contributed by atoms with Crippen molar-refractivity contribution in [3.63, 3.8) is 0 Å². The average molecular weight is 280 g/mol. The summed E-state index contributed by atoms with van der Waals surface area (Å²) in [5.41, 5.74) is -4.61. The van der Waals surface area contributed by atoms with Crippen molar-refractivity contribution in [1.29, 1.82) is 0 Å².